The zero-order valence-electron chi connectivity index (χ0n) is 10.3. The molecule has 0 aliphatic heterocycles. The topological polar surface area (TPSA) is 38.3 Å². The summed E-state index contributed by atoms with van der Waals surface area (Å²) in [5.74, 6) is -0.689. The maximum absolute atomic E-state index is 13.4. The molecule has 0 fully saturated rings. The molecule has 1 aromatic rings. The first-order chi connectivity index (χ1) is 8.65. The Kier molecular flexibility index (Phi) is 6.68. The van der Waals surface area contributed by atoms with Gasteiger partial charge in [0.2, 0.25) is 5.91 Å². The lowest BCUT2D eigenvalue weighted by Gasteiger charge is -2.07. The fourth-order valence-electron chi connectivity index (χ4n) is 1.47. The second-order valence-electron chi connectivity index (χ2n) is 3.78. The minimum atomic E-state index is -0.452. The largest absolute Gasteiger partial charge is 0.382 e. The number of carbonyl (C=O) groups is 1. The third-order valence-electron chi connectivity index (χ3n) is 2.39. The molecule has 0 spiro atoms. The number of carbonyl (C=O) groups excluding carboxylic acids is 1. The molecule has 0 heterocycles. The Morgan fingerprint density at radius 3 is 2.94 bits per heavy atom. The fraction of sp³-hybridized carbons (Fsp3) is 0.462. The molecule has 0 aromatic heterocycles. The zero-order chi connectivity index (χ0) is 13.4. The second kappa shape index (κ2) is 8.06. The molecule has 0 atom stereocenters. The Bertz CT molecular complexity index is 378. The molecule has 0 aliphatic carbocycles. The van der Waals surface area contributed by atoms with Gasteiger partial charge in [-0.15, -0.1) is 0 Å². The van der Waals surface area contributed by atoms with E-state index >= 15 is 0 Å². The van der Waals surface area contributed by atoms with Crippen LogP contribution in [0.2, 0.25) is 5.02 Å². The van der Waals surface area contributed by atoms with Crippen LogP contribution in [0.1, 0.15) is 18.9 Å². The van der Waals surface area contributed by atoms with Crippen molar-refractivity contribution in [1.29, 1.82) is 0 Å². The minimum Gasteiger partial charge on any atom is -0.382 e. The first-order valence-corrected chi connectivity index (χ1v) is 6.30. The van der Waals surface area contributed by atoms with Crippen molar-refractivity contribution in [3.63, 3.8) is 0 Å². The number of hydrogen-bond acceptors (Lipinski definition) is 2. The van der Waals surface area contributed by atoms with Crippen LogP contribution in [0.25, 0.3) is 0 Å². The van der Waals surface area contributed by atoms with Gasteiger partial charge in [-0.1, -0.05) is 17.7 Å². The van der Waals surface area contributed by atoms with E-state index < -0.39 is 5.82 Å². The molecule has 0 bridgehead atoms. The fourth-order valence-corrected chi connectivity index (χ4v) is 1.70. The second-order valence-corrected chi connectivity index (χ2v) is 4.18. The molecule has 18 heavy (non-hydrogen) atoms. The molecule has 5 heteroatoms. The van der Waals surface area contributed by atoms with E-state index in [1.54, 1.807) is 6.07 Å². The summed E-state index contributed by atoms with van der Waals surface area (Å²) in [5.41, 5.74) is 0.237. The molecule has 100 valence electrons. The molecule has 0 radical (unpaired) electrons. The first-order valence-electron chi connectivity index (χ1n) is 5.92. The monoisotopic (exact) mass is 273 g/mol. The average Bonchev–Trinajstić information content (AvgIpc) is 2.34. The van der Waals surface area contributed by atoms with Crippen molar-refractivity contribution in [2.45, 2.75) is 19.8 Å². The predicted molar refractivity (Wildman–Crippen MR) is 69.2 cm³/mol. The lowest BCUT2D eigenvalue weighted by atomic mass is 10.1. The Morgan fingerprint density at radius 1 is 1.50 bits per heavy atom. The maximum Gasteiger partial charge on any atom is 0.224 e. The van der Waals surface area contributed by atoms with E-state index in [1.165, 1.54) is 12.1 Å². The summed E-state index contributed by atoms with van der Waals surface area (Å²) in [6.45, 7) is 3.71. The summed E-state index contributed by atoms with van der Waals surface area (Å²) in [7, 11) is 0. The van der Waals surface area contributed by atoms with Gasteiger partial charge in [-0.2, -0.15) is 0 Å². The van der Waals surface area contributed by atoms with Gasteiger partial charge in [0.1, 0.15) is 5.82 Å². The molecule has 0 saturated carbocycles. The molecule has 1 N–H and O–H groups in total. The van der Waals surface area contributed by atoms with Gasteiger partial charge in [0.25, 0.3) is 0 Å². The van der Waals surface area contributed by atoms with Gasteiger partial charge in [-0.05, 0) is 25.5 Å². The Labute approximate surface area is 111 Å². The summed E-state index contributed by atoms with van der Waals surface area (Å²) in [6, 6.07) is 4.38. The van der Waals surface area contributed by atoms with Gasteiger partial charge in [0.05, 0.1) is 6.42 Å². The molecule has 1 aromatic carbocycles. The quantitative estimate of drug-likeness (QED) is 0.776. The smallest absolute Gasteiger partial charge is 0.224 e. The zero-order valence-corrected chi connectivity index (χ0v) is 11.1. The number of ether oxygens (including phenoxy) is 1. The summed E-state index contributed by atoms with van der Waals surface area (Å²) in [6.07, 6.45) is 0.699. The van der Waals surface area contributed by atoms with E-state index in [-0.39, 0.29) is 22.9 Å². The highest BCUT2D eigenvalue weighted by atomic mass is 35.5. The number of nitrogens with one attached hydrogen (secondary N) is 1. The van der Waals surface area contributed by atoms with Crippen LogP contribution < -0.4 is 5.32 Å². The van der Waals surface area contributed by atoms with Crippen LogP contribution in [-0.4, -0.2) is 25.7 Å². The molecule has 0 aliphatic rings. The molecular weight excluding hydrogens is 257 g/mol. The van der Waals surface area contributed by atoms with E-state index in [9.17, 15) is 9.18 Å². The van der Waals surface area contributed by atoms with Crippen molar-refractivity contribution >= 4 is 17.5 Å². The average molecular weight is 274 g/mol. The lowest BCUT2D eigenvalue weighted by molar-refractivity contribution is -0.120. The number of amides is 1. The van der Waals surface area contributed by atoms with Crippen LogP contribution in [0.15, 0.2) is 18.2 Å². The summed E-state index contributed by atoms with van der Waals surface area (Å²) < 4.78 is 18.6. The van der Waals surface area contributed by atoms with Crippen LogP contribution in [0.4, 0.5) is 4.39 Å². The van der Waals surface area contributed by atoms with Crippen LogP contribution >= 0.6 is 11.6 Å². The van der Waals surface area contributed by atoms with E-state index in [4.69, 9.17) is 16.3 Å². The van der Waals surface area contributed by atoms with Crippen molar-refractivity contribution in [2.75, 3.05) is 19.8 Å². The van der Waals surface area contributed by atoms with E-state index in [0.717, 1.165) is 6.42 Å². The molecule has 3 nitrogen and oxygen atoms in total. The van der Waals surface area contributed by atoms with Crippen molar-refractivity contribution in [3.05, 3.63) is 34.6 Å². The SMILES string of the molecule is CCOCCCNC(=O)Cc1c(F)cccc1Cl. The van der Waals surface area contributed by atoms with Crippen LogP contribution in [0.3, 0.4) is 0 Å². The Morgan fingerprint density at radius 2 is 2.28 bits per heavy atom. The van der Waals surface area contributed by atoms with Gasteiger partial charge in [-0.3, -0.25) is 4.79 Å². The van der Waals surface area contributed by atoms with Gasteiger partial charge >= 0.3 is 0 Å². The Hall–Kier alpha value is -1.13. The summed E-state index contributed by atoms with van der Waals surface area (Å²) in [4.78, 5) is 11.6. The van der Waals surface area contributed by atoms with Crippen molar-refractivity contribution < 1.29 is 13.9 Å². The molecular formula is C13H17ClFNO2. The third-order valence-corrected chi connectivity index (χ3v) is 2.74. The van der Waals surface area contributed by atoms with Crippen LogP contribution in [-0.2, 0) is 16.0 Å². The normalized spacial score (nSPS) is 10.4. The first kappa shape index (κ1) is 14.9. The van der Waals surface area contributed by atoms with Crippen LogP contribution in [0.5, 0.6) is 0 Å². The van der Waals surface area contributed by atoms with E-state index in [0.29, 0.717) is 19.8 Å². The van der Waals surface area contributed by atoms with Gasteiger partial charge in [0, 0.05) is 30.3 Å². The molecule has 1 amide bonds. The number of halogens is 2. The minimum absolute atomic E-state index is 0.0415. The highest BCUT2D eigenvalue weighted by molar-refractivity contribution is 6.31. The van der Waals surface area contributed by atoms with Crippen molar-refractivity contribution in [1.82, 2.24) is 5.32 Å². The summed E-state index contributed by atoms with van der Waals surface area (Å²) in [5, 5.41) is 2.98. The van der Waals surface area contributed by atoms with E-state index in [1.807, 2.05) is 6.92 Å². The summed E-state index contributed by atoms with van der Waals surface area (Å²) >= 11 is 5.84. The van der Waals surface area contributed by atoms with E-state index in [2.05, 4.69) is 5.32 Å². The predicted octanol–water partition coefficient (Wildman–Crippen LogP) is 2.56. The highest BCUT2D eigenvalue weighted by Gasteiger charge is 2.11. The van der Waals surface area contributed by atoms with Gasteiger partial charge < -0.3 is 10.1 Å². The molecule has 1 rings (SSSR count). The standard InChI is InChI=1S/C13H17ClFNO2/c1-2-18-8-4-7-16-13(17)9-10-11(14)5-3-6-12(10)15/h3,5-6H,2,4,7-9H2,1H3,(H,16,17). The van der Waals surface area contributed by atoms with Gasteiger partial charge in [-0.25, -0.2) is 4.39 Å². The van der Waals surface area contributed by atoms with Gasteiger partial charge in [0.15, 0.2) is 0 Å². The number of hydrogen-bond donors (Lipinski definition) is 1. The Balaban J connectivity index is 2.36. The third kappa shape index (κ3) is 5.02. The number of rotatable bonds is 7. The lowest BCUT2D eigenvalue weighted by Crippen LogP contribution is -2.27. The van der Waals surface area contributed by atoms with Crippen molar-refractivity contribution in [2.24, 2.45) is 0 Å². The number of benzene rings is 1. The highest BCUT2D eigenvalue weighted by Crippen LogP contribution is 2.19. The van der Waals surface area contributed by atoms with Crippen molar-refractivity contribution in [3.8, 4) is 0 Å². The maximum atomic E-state index is 13.4. The van der Waals surface area contributed by atoms with Crippen LogP contribution in [0, 0.1) is 5.82 Å². The molecule has 0 saturated heterocycles. The molecule has 0 unspecified atom stereocenters.